The van der Waals surface area contributed by atoms with Crippen molar-refractivity contribution in [3.05, 3.63) is 35.9 Å². The van der Waals surface area contributed by atoms with Crippen molar-refractivity contribution in [3.63, 3.8) is 0 Å². The first-order chi connectivity index (χ1) is 9.11. The Morgan fingerprint density at radius 3 is 2.58 bits per heavy atom. The molecule has 0 fully saturated rings. The van der Waals surface area contributed by atoms with Crippen LogP contribution in [0.15, 0.2) is 30.3 Å². The van der Waals surface area contributed by atoms with E-state index in [4.69, 9.17) is 11.0 Å². The molecule has 0 spiro atoms. The van der Waals surface area contributed by atoms with Crippen LogP contribution in [0.4, 0.5) is 0 Å². The molecule has 4 nitrogen and oxygen atoms in total. The number of hydrogen-bond donors (Lipinski definition) is 1. The van der Waals surface area contributed by atoms with Gasteiger partial charge in [0.15, 0.2) is 0 Å². The van der Waals surface area contributed by atoms with Gasteiger partial charge in [-0.1, -0.05) is 37.3 Å². The lowest BCUT2D eigenvalue weighted by atomic mass is 9.94. The van der Waals surface area contributed by atoms with Gasteiger partial charge in [-0.25, -0.2) is 0 Å². The maximum atomic E-state index is 12.3. The molecule has 0 aromatic heterocycles. The molecule has 0 aliphatic heterocycles. The van der Waals surface area contributed by atoms with E-state index in [2.05, 4.69) is 6.07 Å². The van der Waals surface area contributed by atoms with Crippen molar-refractivity contribution in [2.45, 2.75) is 26.3 Å². The minimum absolute atomic E-state index is 0.00843. The number of nitriles is 1. The number of hydrogen-bond acceptors (Lipinski definition) is 3. The van der Waals surface area contributed by atoms with Crippen molar-refractivity contribution < 1.29 is 4.79 Å². The molecule has 2 unspecified atom stereocenters. The SMILES string of the molecule is CCN(CCC#N)C(=O)C(C)C(N)c1ccccc1. The normalized spacial score (nSPS) is 13.4. The second-order valence-electron chi connectivity index (χ2n) is 4.55. The summed E-state index contributed by atoms with van der Waals surface area (Å²) >= 11 is 0. The van der Waals surface area contributed by atoms with Crippen LogP contribution >= 0.6 is 0 Å². The molecular weight excluding hydrogens is 238 g/mol. The third-order valence-corrected chi connectivity index (χ3v) is 3.30. The summed E-state index contributed by atoms with van der Waals surface area (Å²) in [6, 6.07) is 11.4. The second kappa shape index (κ2) is 7.55. The summed E-state index contributed by atoms with van der Waals surface area (Å²) in [6.45, 7) is 4.83. The van der Waals surface area contributed by atoms with Crippen molar-refractivity contribution in [1.29, 1.82) is 5.26 Å². The number of amides is 1. The summed E-state index contributed by atoms with van der Waals surface area (Å²) in [5.41, 5.74) is 7.11. The highest BCUT2D eigenvalue weighted by molar-refractivity contribution is 5.79. The Morgan fingerprint density at radius 2 is 2.05 bits per heavy atom. The third-order valence-electron chi connectivity index (χ3n) is 3.30. The molecule has 1 amide bonds. The Kier molecular flexibility index (Phi) is 6.04. The van der Waals surface area contributed by atoms with Gasteiger partial charge in [0.25, 0.3) is 0 Å². The van der Waals surface area contributed by atoms with E-state index in [1.54, 1.807) is 4.90 Å². The van der Waals surface area contributed by atoms with Crippen LogP contribution in [-0.2, 0) is 4.79 Å². The quantitative estimate of drug-likeness (QED) is 0.850. The first-order valence-corrected chi connectivity index (χ1v) is 6.58. The highest BCUT2D eigenvalue weighted by Gasteiger charge is 2.25. The largest absolute Gasteiger partial charge is 0.342 e. The summed E-state index contributed by atoms with van der Waals surface area (Å²) in [4.78, 5) is 14.0. The molecule has 0 aliphatic rings. The molecule has 1 aromatic carbocycles. The molecule has 0 heterocycles. The van der Waals surface area contributed by atoms with Gasteiger partial charge < -0.3 is 10.6 Å². The van der Waals surface area contributed by atoms with Gasteiger partial charge in [-0.05, 0) is 12.5 Å². The molecular formula is C15H21N3O. The van der Waals surface area contributed by atoms with Crippen LogP contribution < -0.4 is 5.73 Å². The van der Waals surface area contributed by atoms with Gasteiger partial charge in [0.1, 0.15) is 0 Å². The van der Waals surface area contributed by atoms with E-state index < -0.39 is 0 Å². The Morgan fingerprint density at radius 1 is 1.42 bits per heavy atom. The molecule has 0 aliphatic carbocycles. The first kappa shape index (κ1) is 15.2. The molecule has 0 radical (unpaired) electrons. The average molecular weight is 259 g/mol. The highest BCUT2D eigenvalue weighted by atomic mass is 16.2. The smallest absolute Gasteiger partial charge is 0.227 e. The number of carbonyl (C=O) groups excluding carboxylic acids is 1. The van der Waals surface area contributed by atoms with Crippen LogP contribution in [0.3, 0.4) is 0 Å². The van der Waals surface area contributed by atoms with Crippen molar-refractivity contribution in [2.75, 3.05) is 13.1 Å². The van der Waals surface area contributed by atoms with Crippen LogP contribution in [0.5, 0.6) is 0 Å². The fourth-order valence-corrected chi connectivity index (χ4v) is 2.01. The Balaban J connectivity index is 2.73. The van der Waals surface area contributed by atoms with E-state index in [1.807, 2.05) is 44.2 Å². The van der Waals surface area contributed by atoms with Crippen LogP contribution in [0.1, 0.15) is 31.9 Å². The molecule has 0 bridgehead atoms. The summed E-state index contributed by atoms with van der Waals surface area (Å²) < 4.78 is 0. The van der Waals surface area contributed by atoms with Crippen molar-refractivity contribution in [2.24, 2.45) is 11.7 Å². The topological polar surface area (TPSA) is 70.1 Å². The molecule has 102 valence electrons. The van der Waals surface area contributed by atoms with E-state index in [0.29, 0.717) is 19.5 Å². The van der Waals surface area contributed by atoms with Crippen LogP contribution in [0.25, 0.3) is 0 Å². The lowest BCUT2D eigenvalue weighted by molar-refractivity contribution is -0.135. The summed E-state index contributed by atoms with van der Waals surface area (Å²) in [5, 5.41) is 8.61. The zero-order valence-electron chi connectivity index (χ0n) is 11.5. The Bertz CT molecular complexity index is 438. The molecule has 19 heavy (non-hydrogen) atoms. The van der Waals surface area contributed by atoms with Gasteiger partial charge in [-0.3, -0.25) is 4.79 Å². The Hall–Kier alpha value is -1.86. The van der Waals surface area contributed by atoms with Crippen molar-refractivity contribution in [3.8, 4) is 6.07 Å². The predicted molar refractivity (Wildman–Crippen MR) is 75.0 cm³/mol. The van der Waals surface area contributed by atoms with Crippen LogP contribution in [0.2, 0.25) is 0 Å². The van der Waals surface area contributed by atoms with Crippen molar-refractivity contribution >= 4 is 5.91 Å². The van der Waals surface area contributed by atoms with E-state index in [-0.39, 0.29) is 17.9 Å². The standard InChI is InChI=1S/C15H21N3O/c1-3-18(11-7-10-16)15(19)12(2)14(17)13-8-5-4-6-9-13/h4-6,8-9,12,14H,3,7,11,17H2,1-2H3. The number of rotatable bonds is 6. The lowest BCUT2D eigenvalue weighted by Crippen LogP contribution is -2.39. The fraction of sp³-hybridized carbons (Fsp3) is 0.467. The number of nitrogens with zero attached hydrogens (tertiary/aromatic N) is 2. The van der Waals surface area contributed by atoms with Gasteiger partial charge in [0.2, 0.25) is 5.91 Å². The van der Waals surface area contributed by atoms with E-state index >= 15 is 0 Å². The van der Waals surface area contributed by atoms with Gasteiger partial charge in [0.05, 0.1) is 18.4 Å². The molecule has 0 saturated carbocycles. The van der Waals surface area contributed by atoms with Gasteiger partial charge in [0, 0.05) is 19.1 Å². The van der Waals surface area contributed by atoms with E-state index in [0.717, 1.165) is 5.56 Å². The fourth-order valence-electron chi connectivity index (χ4n) is 2.01. The highest BCUT2D eigenvalue weighted by Crippen LogP contribution is 2.21. The van der Waals surface area contributed by atoms with E-state index in [9.17, 15) is 4.79 Å². The van der Waals surface area contributed by atoms with Crippen LogP contribution in [-0.4, -0.2) is 23.9 Å². The summed E-state index contributed by atoms with van der Waals surface area (Å²) in [6.07, 6.45) is 0.354. The number of nitrogens with two attached hydrogens (primary N) is 1. The molecule has 1 rings (SSSR count). The van der Waals surface area contributed by atoms with E-state index in [1.165, 1.54) is 0 Å². The van der Waals surface area contributed by atoms with Crippen LogP contribution in [0, 0.1) is 17.2 Å². The monoisotopic (exact) mass is 259 g/mol. The maximum absolute atomic E-state index is 12.3. The number of benzene rings is 1. The summed E-state index contributed by atoms with van der Waals surface area (Å²) in [5.74, 6) is -0.282. The molecule has 4 heteroatoms. The van der Waals surface area contributed by atoms with Crippen molar-refractivity contribution in [1.82, 2.24) is 4.90 Å². The lowest BCUT2D eigenvalue weighted by Gasteiger charge is -2.27. The molecule has 2 N–H and O–H groups in total. The second-order valence-corrected chi connectivity index (χ2v) is 4.55. The predicted octanol–water partition coefficient (Wildman–Crippen LogP) is 2.08. The molecule has 2 atom stereocenters. The zero-order valence-corrected chi connectivity index (χ0v) is 11.5. The zero-order chi connectivity index (χ0) is 14.3. The minimum atomic E-state index is -0.315. The van der Waals surface area contributed by atoms with Gasteiger partial charge in [-0.2, -0.15) is 5.26 Å². The molecule has 0 saturated heterocycles. The minimum Gasteiger partial charge on any atom is -0.342 e. The summed E-state index contributed by atoms with van der Waals surface area (Å²) in [7, 11) is 0. The first-order valence-electron chi connectivity index (χ1n) is 6.58. The number of carbonyl (C=O) groups is 1. The third kappa shape index (κ3) is 4.08. The van der Waals surface area contributed by atoms with Gasteiger partial charge >= 0.3 is 0 Å². The maximum Gasteiger partial charge on any atom is 0.227 e. The Labute approximate surface area is 114 Å². The van der Waals surface area contributed by atoms with Gasteiger partial charge in [-0.15, -0.1) is 0 Å². The average Bonchev–Trinajstić information content (AvgIpc) is 2.47. The molecule has 1 aromatic rings.